The first-order valence-electron chi connectivity index (χ1n) is 27.1. The fraction of sp³-hybridized carbons (Fsp3) is 0.459. The van der Waals surface area contributed by atoms with Crippen molar-refractivity contribution in [1.82, 2.24) is 15.0 Å². The van der Waals surface area contributed by atoms with Crippen LogP contribution in [0.4, 0.5) is 0 Å². The van der Waals surface area contributed by atoms with Gasteiger partial charge in [0.1, 0.15) is 73.8 Å². The Hall–Kier alpha value is -7.29. The van der Waals surface area contributed by atoms with Crippen molar-refractivity contribution in [2.45, 2.75) is 117 Å². The lowest BCUT2D eigenvalue weighted by molar-refractivity contribution is 0.290. The predicted octanol–water partition coefficient (Wildman–Crippen LogP) is 10.0. The fourth-order valence-electron chi connectivity index (χ4n) is 9.29. The van der Waals surface area contributed by atoms with Crippen molar-refractivity contribution in [3.05, 3.63) is 161 Å². The summed E-state index contributed by atoms with van der Waals surface area (Å²) < 4.78 is 34.6. The standard InChI is InChI=1S/C25H23N3O2.C19H27N3O2.C17H23N3O2/c1-3-8-18(9-4-1)14-20-16-29-24(26-20)22-12-7-13-23(28-22)25-27-21(17-30-25)15-19-10-5-2-6-11-19;1-12(2)8-14-10-23-18(20-14)16-6-5-7-17(22-16)19-21-15(11-24-19)9-13(3)4;1-10(2)14-8-21-16(19-14)12-6-5-7-13(18-12)17-20-15(9-22-17)11(3)4/h1-13,20-21H,14-17H2;5-7,12-15H,8-11H2,1-4H3;5-7,10-11,14-15H,8-9H2,1-4H3/t;;14-,15?/m..1/s1. The number of aliphatic imine (C=N–C) groups is 6. The molecule has 5 aromatic rings. The van der Waals surface area contributed by atoms with Crippen molar-refractivity contribution in [2.24, 2.45) is 53.6 Å². The molecule has 11 rings (SSSR count). The molecule has 0 spiro atoms. The van der Waals surface area contributed by atoms with E-state index in [0.29, 0.717) is 98.7 Å². The molecule has 76 heavy (non-hydrogen) atoms. The minimum atomic E-state index is 0.114. The molecule has 0 N–H and O–H groups in total. The van der Waals surface area contributed by atoms with Gasteiger partial charge >= 0.3 is 0 Å². The first-order valence-corrected chi connectivity index (χ1v) is 27.1. The molecule has 0 saturated heterocycles. The van der Waals surface area contributed by atoms with Crippen molar-refractivity contribution in [1.29, 1.82) is 0 Å². The van der Waals surface area contributed by atoms with Gasteiger partial charge in [-0.2, -0.15) is 0 Å². The van der Waals surface area contributed by atoms with Gasteiger partial charge in [-0.05, 0) is 96.9 Å². The van der Waals surface area contributed by atoms with Crippen LogP contribution < -0.4 is 0 Å². The average molecular weight is 1030 g/mol. The highest BCUT2D eigenvalue weighted by Gasteiger charge is 2.29. The lowest BCUT2D eigenvalue weighted by Gasteiger charge is -2.06. The topological polar surface area (TPSA) is 168 Å². The Bertz CT molecular complexity index is 2730. The Morgan fingerprint density at radius 2 is 0.605 bits per heavy atom. The normalized spacial score (nSPS) is 22.4. The number of ether oxygens (including phenoxy) is 6. The Kier molecular flexibility index (Phi) is 18.0. The first-order chi connectivity index (χ1) is 36.9. The van der Waals surface area contributed by atoms with Crippen LogP contribution in [-0.4, -0.2) is 126 Å². The van der Waals surface area contributed by atoms with E-state index >= 15 is 0 Å². The second-order valence-corrected chi connectivity index (χ2v) is 21.6. The number of hydrogen-bond acceptors (Lipinski definition) is 15. The van der Waals surface area contributed by atoms with Crippen molar-refractivity contribution >= 4 is 35.4 Å². The van der Waals surface area contributed by atoms with Crippen LogP contribution in [0.3, 0.4) is 0 Å². The Labute approximate surface area is 448 Å². The van der Waals surface area contributed by atoms with Gasteiger partial charge in [0.05, 0.1) is 36.3 Å². The zero-order valence-electron chi connectivity index (χ0n) is 45.3. The van der Waals surface area contributed by atoms with E-state index in [4.69, 9.17) is 43.4 Å². The molecule has 5 unspecified atom stereocenters. The first kappa shape index (κ1) is 53.5. The SMILES string of the molecule is CC(C)C1COC(c2cccc(C3=N[C@@H](C(C)C)CO3)n2)=N1.CC(C)CC1COC(c2cccc(C3=NC(CC(C)C)CO3)n2)=N1.c1ccc(CC2COC(c3cccc(C4=NC(Cc5ccccc5)CO4)n3)=N2)cc1. The molecule has 0 amide bonds. The van der Waals surface area contributed by atoms with E-state index < -0.39 is 0 Å². The lowest BCUT2D eigenvalue weighted by atomic mass is 10.1. The summed E-state index contributed by atoms with van der Waals surface area (Å²) >= 11 is 0. The molecule has 15 heteroatoms. The molecule has 0 bridgehead atoms. The zero-order valence-corrected chi connectivity index (χ0v) is 45.3. The molecular formula is C61H73N9O6. The molecule has 0 fully saturated rings. The summed E-state index contributed by atoms with van der Waals surface area (Å²) in [5.41, 5.74) is 6.99. The van der Waals surface area contributed by atoms with Crippen LogP contribution >= 0.6 is 0 Å². The van der Waals surface area contributed by atoms with Crippen LogP contribution in [0, 0.1) is 23.7 Å². The van der Waals surface area contributed by atoms with Crippen LogP contribution in [0.5, 0.6) is 0 Å². The van der Waals surface area contributed by atoms with Crippen LogP contribution in [0.2, 0.25) is 0 Å². The maximum atomic E-state index is 5.85. The van der Waals surface area contributed by atoms with E-state index in [0.717, 1.165) is 59.8 Å². The van der Waals surface area contributed by atoms with Gasteiger partial charge in [-0.1, -0.05) is 134 Å². The highest BCUT2D eigenvalue weighted by atomic mass is 16.5. The van der Waals surface area contributed by atoms with Gasteiger partial charge in [0, 0.05) is 0 Å². The summed E-state index contributed by atoms with van der Waals surface area (Å²) in [7, 11) is 0. The highest BCUT2D eigenvalue weighted by Crippen LogP contribution is 2.23. The maximum absolute atomic E-state index is 5.85. The Morgan fingerprint density at radius 3 is 0.895 bits per heavy atom. The number of nitrogens with zero attached hydrogens (tertiary/aromatic N) is 9. The maximum Gasteiger partial charge on any atom is 0.235 e. The van der Waals surface area contributed by atoms with Crippen LogP contribution in [-0.2, 0) is 41.3 Å². The summed E-state index contributed by atoms with van der Waals surface area (Å²) in [4.78, 5) is 42.0. The van der Waals surface area contributed by atoms with E-state index in [9.17, 15) is 0 Å². The quantitative estimate of drug-likeness (QED) is 0.0934. The number of hydrogen-bond donors (Lipinski definition) is 0. The van der Waals surface area contributed by atoms with Crippen molar-refractivity contribution in [2.75, 3.05) is 39.6 Å². The van der Waals surface area contributed by atoms with Gasteiger partial charge in [-0.25, -0.2) is 44.9 Å². The molecule has 0 radical (unpaired) electrons. The molecule has 2 aromatic carbocycles. The molecule has 0 aliphatic carbocycles. The van der Waals surface area contributed by atoms with Gasteiger partial charge in [-0.15, -0.1) is 0 Å². The second-order valence-electron chi connectivity index (χ2n) is 21.6. The minimum absolute atomic E-state index is 0.114. The largest absolute Gasteiger partial charge is 0.474 e. The number of rotatable bonds is 16. The third-order valence-electron chi connectivity index (χ3n) is 13.4. The Morgan fingerprint density at radius 1 is 0.329 bits per heavy atom. The summed E-state index contributed by atoms with van der Waals surface area (Å²) in [6.45, 7) is 21.1. The van der Waals surface area contributed by atoms with Crippen LogP contribution in [0.1, 0.15) is 114 Å². The summed E-state index contributed by atoms with van der Waals surface area (Å²) in [6, 6.07) is 39.2. The van der Waals surface area contributed by atoms with E-state index in [1.807, 2.05) is 91.0 Å². The average Bonchev–Trinajstić information content (AvgIpc) is 4.30. The molecule has 15 nitrogen and oxygen atoms in total. The third-order valence-corrected chi connectivity index (χ3v) is 13.4. The van der Waals surface area contributed by atoms with Gasteiger partial charge < -0.3 is 28.4 Å². The lowest BCUT2D eigenvalue weighted by Crippen LogP contribution is -2.13. The molecule has 6 aliphatic heterocycles. The fourth-order valence-corrected chi connectivity index (χ4v) is 9.29. The molecule has 0 saturated carbocycles. The molecule has 6 atom stereocenters. The summed E-state index contributed by atoms with van der Waals surface area (Å²) in [6.07, 6.45) is 3.80. The second kappa shape index (κ2) is 25.5. The zero-order chi connectivity index (χ0) is 53.0. The molecular weight excluding hydrogens is 955 g/mol. The molecule has 3 aromatic heterocycles. The summed E-state index contributed by atoms with van der Waals surface area (Å²) in [5, 5.41) is 0. The number of aromatic nitrogens is 3. The third kappa shape index (κ3) is 14.5. The van der Waals surface area contributed by atoms with Gasteiger partial charge in [-0.3, -0.25) is 0 Å². The van der Waals surface area contributed by atoms with Gasteiger partial charge in [0.2, 0.25) is 35.4 Å². The summed E-state index contributed by atoms with van der Waals surface area (Å²) in [5.74, 6) is 5.87. The van der Waals surface area contributed by atoms with E-state index in [-0.39, 0.29) is 36.3 Å². The molecule has 6 aliphatic rings. The highest BCUT2D eigenvalue weighted by molar-refractivity contribution is 5.99. The van der Waals surface area contributed by atoms with Crippen molar-refractivity contribution in [3.63, 3.8) is 0 Å². The van der Waals surface area contributed by atoms with Gasteiger partial charge in [0.25, 0.3) is 0 Å². The molecule has 398 valence electrons. The van der Waals surface area contributed by atoms with E-state index in [1.54, 1.807) is 0 Å². The van der Waals surface area contributed by atoms with Crippen LogP contribution in [0.15, 0.2) is 145 Å². The van der Waals surface area contributed by atoms with E-state index in [2.05, 4.69) is 110 Å². The minimum Gasteiger partial charge on any atom is -0.474 e. The number of pyridine rings is 3. The van der Waals surface area contributed by atoms with Crippen molar-refractivity contribution < 1.29 is 28.4 Å². The van der Waals surface area contributed by atoms with Crippen molar-refractivity contribution in [3.8, 4) is 0 Å². The number of benzene rings is 2. The smallest absolute Gasteiger partial charge is 0.235 e. The predicted molar refractivity (Wildman–Crippen MR) is 299 cm³/mol. The van der Waals surface area contributed by atoms with Crippen LogP contribution in [0.25, 0.3) is 0 Å². The molecule has 9 heterocycles. The monoisotopic (exact) mass is 1030 g/mol. The van der Waals surface area contributed by atoms with Gasteiger partial charge in [0.15, 0.2) is 0 Å². The van der Waals surface area contributed by atoms with E-state index in [1.165, 1.54) is 11.1 Å². The Balaban J connectivity index is 0.000000141.